The maximum absolute atomic E-state index is 13.6. The maximum Gasteiger partial charge on any atom is 0.261 e. The van der Waals surface area contributed by atoms with Crippen LogP contribution in [0, 0.1) is 6.92 Å². The highest BCUT2D eigenvalue weighted by Crippen LogP contribution is 2.20. The fourth-order valence-electron chi connectivity index (χ4n) is 3.82. The van der Waals surface area contributed by atoms with Gasteiger partial charge >= 0.3 is 0 Å². The number of ether oxygens (including phenoxy) is 1. The first-order chi connectivity index (χ1) is 17.0. The molecule has 1 unspecified atom stereocenters. The number of halogens is 1. The van der Waals surface area contributed by atoms with Gasteiger partial charge in [-0.05, 0) is 48.2 Å². The molecule has 0 bridgehead atoms. The predicted molar refractivity (Wildman–Crippen MR) is 141 cm³/mol. The zero-order valence-electron chi connectivity index (χ0n) is 20.4. The number of nitrogens with one attached hydrogen (secondary N) is 1. The van der Waals surface area contributed by atoms with Crippen LogP contribution < -0.4 is 10.1 Å². The second kappa shape index (κ2) is 13.5. The van der Waals surface area contributed by atoms with Gasteiger partial charge < -0.3 is 15.0 Å². The number of nitrogens with zero attached hydrogens (tertiary/aromatic N) is 1. The first kappa shape index (κ1) is 26.3. The van der Waals surface area contributed by atoms with E-state index in [9.17, 15) is 9.59 Å². The average molecular weight is 493 g/mol. The van der Waals surface area contributed by atoms with E-state index in [1.54, 1.807) is 29.2 Å². The molecule has 6 heteroatoms. The van der Waals surface area contributed by atoms with Gasteiger partial charge in [0, 0.05) is 24.5 Å². The van der Waals surface area contributed by atoms with Crippen molar-refractivity contribution in [2.24, 2.45) is 0 Å². The van der Waals surface area contributed by atoms with Crippen molar-refractivity contribution in [1.82, 2.24) is 10.2 Å². The number of unbranched alkanes of at least 4 members (excludes halogenated alkanes) is 1. The molecule has 0 saturated carbocycles. The molecular formula is C29H33ClN2O3. The third-order valence-corrected chi connectivity index (χ3v) is 6.10. The van der Waals surface area contributed by atoms with Crippen LogP contribution in [0.1, 0.15) is 36.5 Å². The highest BCUT2D eigenvalue weighted by molar-refractivity contribution is 6.30. The Kier molecular flexibility index (Phi) is 10.2. The van der Waals surface area contributed by atoms with Crippen LogP contribution in [0.25, 0.3) is 0 Å². The van der Waals surface area contributed by atoms with Crippen LogP contribution in [-0.2, 0) is 22.6 Å². The molecule has 3 aromatic carbocycles. The number of aryl methyl sites for hydroxylation is 1. The lowest BCUT2D eigenvalue weighted by atomic mass is 10.0. The van der Waals surface area contributed by atoms with Crippen LogP contribution >= 0.6 is 11.6 Å². The molecule has 1 N–H and O–H groups in total. The molecule has 0 fully saturated rings. The van der Waals surface area contributed by atoms with E-state index in [4.69, 9.17) is 16.3 Å². The zero-order valence-corrected chi connectivity index (χ0v) is 21.1. The molecule has 35 heavy (non-hydrogen) atoms. The molecule has 0 heterocycles. The molecule has 0 radical (unpaired) electrons. The minimum absolute atomic E-state index is 0.160. The number of carbonyl (C=O) groups is 2. The summed E-state index contributed by atoms with van der Waals surface area (Å²) in [6.45, 7) is 4.78. The summed E-state index contributed by atoms with van der Waals surface area (Å²) < 4.78 is 5.77. The van der Waals surface area contributed by atoms with E-state index < -0.39 is 6.04 Å². The summed E-state index contributed by atoms with van der Waals surface area (Å²) in [5.41, 5.74) is 3.04. The Labute approximate surface area is 213 Å². The van der Waals surface area contributed by atoms with Gasteiger partial charge in [0.05, 0.1) is 0 Å². The fourth-order valence-corrected chi connectivity index (χ4v) is 4.00. The molecule has 5 nitrogen and oxygen atoms in total. The Morgan fingerprint density at radius 2 is 1.74 bits per heavy atom. The molecule has 1 atom stereocenters. The molecule has 0 spiro atoms. The maximum atomic E-state index is 13.6. The lowest BCUT2D eigenvalue weighted by Crippen LogP contribution is -2.52. The first-order valence-corrected chi connectivity index (χ1v) is 12.4. The molecule has 0 aliphatic heterocycles. The van der Waals surface area contributed by atoms with E-state index in [0.29, 0.717) is 30.3 Å². The van der Waals surface area contributed by atoms with Gasteiger partial charge in [-0.25, -0.2) is 0 Å². The highest BCUT2D eigenvalue weighted by atomic mass is 35.5. The SMILES string of the molecule is CCCCNC(=O)C(Cc1ccccc1)N(Cc1ccccc1C)C(=O)COc1cccc(Cl)c1. The van der Waals surface area contributed by atoms with Crippen LogP contribution in [0.2, 0.25) is 5.02 Å². The van der Waals surface area contributed by atoms with Gasteiger partial charge in [0.2, 0.25) is 5.91 Å². The van der Waals surface area contributed by atoms with Crippen LogP contribution in [-0.4, -0.2) is 35.9 Å². The molecule has 0 saturated heterocycles. The summed E-state index contributed by atoms with van der Waals surface area (Å²) in [4.78, 5) is 28.6. The topological polar surface area (TPSA) is 58.6 Å². The Hall–Kier alpha value is -3.31. The van der Waals surface area contributed by atoms with Crippen molar-refractivity contribution in [2.45, 2.75) is 45.7 Å². The van der Waals surface area contributed by atoms with Gasteiger partial charge in [0.25, 0.3) is 5.91 Å². The van der Waals surface area contributed by atoms with Crippen LogP contribution in [0.3, 0.4) is 0 Å². The standard InChI is InChI=1S/C29H33ClN2O3/c1-3-4-17-31-29(34)27(18-23-12-6-5-7-13-23)32(20-24-14-9-8-11-22(24)2)28(33)21-35-26-16-10-15-25(30)19-26/h5-16,19,27H,3-4,17-18,20-21H2,1-2H3,(H,31,34). The Morgan fingerprint density at radius 1 is 1.00 bits per heavy atom. The van der Waals surface area contributed by atoms with Gasteiger partial charge in [-0.15, -0.1) is 0 Å². The van der Waals surface area contributed by atoms with Crippen molar-refractivity contribution < 1.29 is 14.3 Å². The predicted octanol–water partition coefficient (Wildman–Crippen LogP) is 5.58. The van der Waals surface area contributed by atoms with Gasteiger partial charge in [-0.1, -0.05) is 85.6 Å². The number of carbonyl (C=O) groups excluding carboxylic acids is 2. The van der Waals surface area contributed by atoms with Gasteiger partial charge in [-0.3, -0.25) is 9.59 Å². The Morgan fingerprint density at radius 3 is 2.46 bits per heavy atom. The minimum atomic E-state index is -0.677. The average Bonchev–Trinajstić information content (AvgIpc) is 2.86. The molecule has 3 aromatic rings. The number of amides is 2. The second-order valence-electron chi connectivity index (χ2n) is 8.54. The van der Waals surface area contributed by atoms with Gasteiger partial charge in [-0.2, -0.15) is 0 Å². The van der Waals surface area contributed by atoms with Gasteiger partial charge in [0.1, 0.15) is 11.8 Å². The van der Waals surface area contributed by atoms with Crippen molar-refractivity contribution in [1.29, 1.82) is 0 Å². The van der Waals surface area contributed by atoms with Crippen molar-refractivity contribution >= 4 is 23.4 Å². The van der Waals surface area contributed by atoms with E-state index in [1.807, 2.05) is 61.5 Å². The molecule has 0 aliphatic carbocycles. The van der Waals surface area contributed by atoms with Crippen molar-refractivity contribution in [2.75, 3.05) is 13.2 Å². The summed E-state index contributed by atoms with van der Waals surface area (Å²) in [5.74, 6) is 0.0838. The molecule has 3 rings (SSSR count). The number of hydrogen-bond donors (Lipinski definition) is 1. The quantitative estimate of drug-likeness (QED) is 0.335. The van der Waals surface area contributed by atoms with Crippen molar-refractivity contribution in [3.8, 4) is 5.75 Å². The van der Waals surface area contributed by atoms with E-state index in [-0.39, 0.29) is 18.4 Å². The summed E-state index contributed by atoms with van der Waals surface area (Å²) in [6.07, 6.45) is 2.27. The number of rotatable bonds is 12. The molecular weight excluding hydrogens is 460 g/mol. The minimum Gasteiger partial charge on any atom is -0.484 e. The number of benzene rings is 3. The zero-order chi connectivity index (χ0) is 25.0. The Balaban J connectivity index is 1.89. The fraction of sp³-hybridized carbons (Fsp3) is 0.310. The lowest BCUT2D eigenvalue weighted by molar-refractivity contribution is -0.142. The smallest absolute Gasteiger partial charge is 0.261 e. The molecule has 184 valence electrons. The van der Waals surface area contributed by atoms with Gasteiger partial charge in [0.15, 0.2) is 6.61 Å². The summed E-state index contributed by atoms with van der Waals surface area (Å²) in [5, 5.41) is 3.56. The number of hydrogen-bond acceptors (Lipinski definition) is 3. The highest BCUT2D eigenvalue weighted by Gasteiger charge is 2.30. The lowest BCUT2D eigenvalue weighted by Gasteiger charge is -2.32. The summed E-state index contributed by atoms with van der Waals surface area (Å²) in [7, 11) is 0. The largest absolute Gasteiger partial charge is 0.484 e. The normalized spacial score (nSPS) is 11.5. The molecule has 0 aliphatic rings. The third-order valence-electron chi connectivity index (χ3n) is 5.86. The van der Waals surface area contributed by atoms with E-state index in [2.05, 4.69) is 12.2 Å². The third kappa shape index (κ3) is 8.15. The van der Waals surface area contributed by atoms with E-state index in [0.717, 1.165) is 29.5 Å². The summed E-state index contributed by atoms with van der Waals surface area (Å²) in [6, 6.07) is 23.9. The first-order valence-electron chi connectivity index (χ1n) is 12.0. The van der Waals surface area contributed by atoms with Crippen LogP contribution in [0.4, 0.5) is 0 Å². The second-order valence-corrected chi connectivity index (χ2v) is 8.98. The van der Waals surface area contributed by atoms with E-state index in [1.165, 1.54) is 0 Å². The molecule has 0 aromatic heterocycles. The van der Waals surface area contributed by atoms with E-state index >= 15 is 0 Å². The monoisotopic (exact) mass is 492 g/mol. The van der Waals surface area contributed by atoms with Crippen molar-refractivity contribution in [3.05, 3.63) is 101 Å². The van der Waals surface area contributed by atoms with Crippen molar-refractivity contribution in [3.63, 3.8) is 0 Å². The van der Waals surface area contributed by atoms with Crippen LogP contribution in [0.15, 0.2) is 78.9 Å². The summed E-state index contributed by atoms with van der Waals surface area (Å²) >= 11 is 6.06. The van der Waals surface area contributed by atoms with Crippen LogP contribution in [0.5, 0.6) is 5.75 Å². The molecule has 2 amide bonds. The Bertz CT molecular complexity index is 1100.